The van der Waals surface area contributed by atoms with Gasteiger partial charge >= 0.3 is 0 Å². The molecule has 102 valence electrons. The first-order valence-electron chi connectivity index (χ1n) is 6.30. The summed E-state index contributed by atoms with van der Waals surface area (Å²) in [5.74, 6) is -0.275. The molecule has 0 saturated heterocycles. The van der Waals surface area contributed by atoms with Gasteiger partial charge in [0.25, 0.3) is 0 Å². The van der Waals surface area contributed by atoms with Gasteiger partial charge in [0.05, 0.1) is 11.6 Å². The number of benzene rings is 1. The minimum Gasteiger partial charge on any atom is -0.459 e. The summed E-state index contributed by atoms with van der Waals surface area (Å²) in [5.41, 5.74) is 0.298. The van der Waals surface area contributed by atoms with Crippen molar-refractivity contribution in [2.45, 2.75) is 26.3 Å². The zero-order valence-corrected chi connectivity index (χ0v) is 11.3. The molecule has 2 rings (SSSR count). The summed E-state index contributed by atoms with van der Waals surface area (Å²) in [6, 6.07) is 6.08. The van der Waals surface area contributed by atoms with Crippen molar-refractivity contribution in [1.82, 2.24) is 5.32 Å². The molecule has 0 amide bonds. The standard InChI is InChI=1S/C15H17F2NO/c1-4-11(18-3)12-7-8-13(19-12)14-10(16)6-5-9(2)15(14)17/h5-8,11,18H,4H2,1-3H3. The Bertz CT molecular complexity index is 574. The van der Waals surface area contributed by atoms with Gasteiger partial charge in [-0.2, -0.15) is 0 Å². The summed E-state index contributed by atoms with van der Waals surface area (Å²) in [4.78, 5) is 0. The van der Waals surface area contributed by atoms with Gasteiger partial charge in [-0.05, 0) is 44.2 Å². The SMILES string of the molecule is CCC(NC)c1ccc(-c2c(F)ccc(C)c2F)o1. The van der Waals surface area contributed by atoms with Crippen LogP contribution in [0.5, 0.6) is 0 Å². The average Bonchev–Trinajstić information content (AvgIpc) is 2.85. The van der Waals surface area contributed by atoms with Crippen molar-refractivity contribution in [1.29, 1.82) is 0 Å². The fourth-order valence-electron chi connectivity index (χ4n) is 2.10. The summed E-state index contributed by atoms with van der Waals surface area (Å²) in [5, 5.41) is 3.09. The molecule has 1 aromatic heterocycles. The van der Waals surface area contributed by atoms with Crippen LogP contribution in [0.2, 0.25) is 0 Å². The van der Waals surface area contributed by atoms with Gasteiger partial charge in [0.1, 0.15) is 23.2 Å². The number of aryl methyl sites for hydroxylation is 1. The first kappa shape index (κ1) is 13.7. The fourth-order valence-corrected chi connectivity index (χ4v) is 2.10. The molecule has 0 aliphatic rings. The van der Waals surface area contributed by atoms with Gasteiger partial charge in [0.2, 0.25) is 0 Å². The second-order valence-electron chi connectivity index (χ2n) is 4.50. The molecule has 2 nitrogen and oxygen atoms in total. The van der Waals surface area contributed by atoms with Crippen LogP contribution in [0, 0.1) is 18.6 Å². The van der Waals surface area contributed by atoms with Crippen molar-refractivity contribution in [3.8, 4) is 11.3 Å². The molecule has 19 heavy (non-hydrogen) atoms. The van der Waals surface area contributed by atoms with Crippen molar-refractivity contribution in [3.63, 3.8) is 0 Å². The third-order valence-corrected chi connectivity index (χ3v) is 3.26. The van der Waals surface area contributed by atoms with E-state index in [1.807, 2.05) is 14.0 Å². The Morgan fingerprint density at radius 1 is 1.21 bits per heavy atom. The van der Waals surface area contributed by atoms with Crippen molar-refractivity contribution in [3.05, 3.63) is 47.2 Å². The van der Waals surface area contributed by atoms with E-state index in [2.05, 4.69) is 5.32 Å². The lowest BCUT2D eigenvalue weighted by molar-refractivity contribution is 0.428. The monoisotopic (exact) mass is 265 g/mol. The van der Waals surface area contributed by atoms with Crippen LogP contribution in [-0.2, 0) is 0 Å². The molecule has 1 aromatic carbocycles. The number of hydrogen-bond donors (Lipinski definition) is 1. The van der Waals surface area contributed by atoms with Crippen LogP contribution in [-0.4, -0.2) is 7.05 Å². The molecule has 2 aromatic rings. The average molecular weight is 265 g/mol. The molecular formula is C15H17F2NO. The highest BCUT2D eigenvalue weighted by Crippen LogP contribution is 2.31. The summed E-state index contributed by atoms with van der Waals surface area (Å²) >= 11 is 0. The number of nitrogens with one attached hydrogen (secondary N) is 1. The van der Waals surface area contributed by atoms with E-state index in [1.165, 1.54) is 12.1 Å². The maximum absolute atomic E-state index is 14.0. The molecule has 0 fully saturated rings. The Morgan fingerprint density at radius 3 is 2.58 bits per heavy atom. The van der Waals surface area contributed by atoms with Gasteiger partial charge < -0.3 is 9.73 Å². The molecule has 0 aliphatic carbocycles. The normalized spacial score (nSPS) is 12.7. The van der Waals surface area contributed by atoms with Gasteiger partial charge in [-0.1, -0.05) is 13.0 Å². The van der Waals surface area contributed by atoms with Gasteiger partial charge in [-0.25, -0.2) is 8.78 Å². The second-order valence-corrected chi connectivity index (χ2v) is 4.50. The fraction of sp³-hybridized carbons (Fsp3) is 0.333. The largest absolute Gasteiger partial charge is 0.459 e. The maximum Gasteiger partial charge on any atom is 0.140 e. The van der Waals surface area contributed by atoms with Crippen molar-refractivity contribution < 1.29 is 13.2 Å². The highest BCUT2D eigenvalue weighted by molar-refractivity contribution is 5.60. The molecule has 0 saturated carbocycles. The minimum absolute atomic E-state index is 0.0460. The van der Waals surface area contributed by atoms with Crippen LogP contribution in [0.1, 0.15) is 30.7 Å². The molecule has 1 heterocycles. The molecule has 1 N–H and O–H groups in total. The molecule has 0 radical (unpaired) electrons. The van der Waals surface area contributed by atoms with Crippen molar-refractivity contribution >= 4 is 0 Å². The van der Waals surface area contributed by atoms with Crippen LogP contribution in [0.25, 0.3) is 11.3 Å². The number of halogens is 2. The van der Waals surface area contributed by atoms with E-state index in [-0.39, 0.29) is 17.4 Å². The van der Waals surface area contributed by atoms with Gasteiger partial charge in [-0.3, -0.25) is 0 Å². The molecule has 0 spiro atoms. The first-order valence-corrected chi connectivity index (χ1v) is 6.30. The summed E-state index contributed by atoms with van der Waals surface area (Å²) in [6.45, 7) is 3.61. The van der Waals surface area contributed by atoms with E-state index >= 15 is 0 Å². The Kier molecular flexibility index (Phi) is 4.00. The summed E-state index contributed by atoms with van der Waals surface area (Å²) in [6.07, 6.45) is 0.836. The number of hydrogen-bond acceptors (Lipinski definition) is 2. The quantitative estimate of drug-likeness (QED) is 0.896. The number of rotatable bonds is 4. The lowest BCUT2D eigenvalue weighted by atomic mass is 10.1. The van der Waals surface area contributed by atoms with E-state index in [0.717, 1.165) is 6.42 Å². The van der Waals surface area contributed by atoms with E-state index in [1.54, 1.807) is 19.1 Å². The predicted molar refractivity (Wildman–Crippen MR) is 70.9 cm³/mol. The highest BCUT2D eigenvalue weighted by atomic mass is 19.1. The van der Waals surface area contributed by atoms with Crippen LogP contribution < -0.4 is 5.32 Å². The summed E-state index contributed by atoms with van der Waals surface area (Å²) < 4.78 is 33.4. The molecule has 0 aliphatic heterocycles. The Hall–Kier alpha value is -1.68. The van der Waals surface area contributed by atoms with E-state index in [0.29, 0.717) is 11.3 Å². The smallest absolute Gasteiger partial charge is 0.140 e. The maximum atomic E-state index is 14.0. The first-order chi connectivity index (χ1) is 9.08. The minimum atomic E-state index is -0.610. The topological polar surface area (TPSA) is 25.2 Å². The third kappa shape index (κ3) is 2.54. The summed E-state index contributed by atoms with van der Waals surface area (Å²) in [7, 11) is 1.82. The number of furan rings is 1. The van der Waals surface area contributed by atoms with Crippen LogP contribution >= 0.6 is 0 Å². The van der Waals surface area contributed by atoms with Crippen LogP contribution in [0.15, 0.2) is 28.7 Å². The van der Waals surface area contributed by atoms with E-state index in [4.69, 9.17) is 4.42 Å². The van der Waals surface area contributed by atoms with Gasteiger partial charge in [-0.15, -0.1) is 0 Å². The highest BCUT2D eigenvalue weighted by Gasteiger charge is 2.19. The third-order valence-electron chi connectivity index (χ3n) is 3.26. The molecule has 0 bridgehead atoms. The van der Waals surface area contributed by atoms with E-state index in [9.17, 15) is 8.78 Å². The lowest BCUT2D eigenvalue weighted by Gasteiger charge is -2.10. The van der Waals surface area contributed by atoms with Gasteiger partial charge in [0.15, 0.2) is 0 Å². The van der Waals surface area contributed by atoms with E-state index < -0.39 is 11.6 Å². The molecular weight excluding hydrogens is 248 g/mol. The zero-order valence-electron chi connectivity index (χ0n) is 11.3. The van der Waals surface area contributed by atoms with Crippen LogP contribution in [0.4, 0.5) is 8.78 Å². The Labute approximate surface area is 111 Å². The van der Waals surface area contributed by atoms with Crippen molar-refractivity contribution in [2.24, 2.45) is 0 Å². The molecule has 1 unspecified atom stereocenters. The Balaban J connectivity index is 2.46. The molecule has 4 heteroatoms. The lowest BCUT2D eigenvalue weighted by Crippen LogP contribution is -2.14. The second kappa shape index (κ2) is 5.53. The van der Waals surface area contributed by atoms with Crippen LogP contribution in [0.3, 0.4) is 0 Å². The van der Waals surface area contributed by atoms with Gasteiger partial charge in [0, 0.05) is 0 Å². The predicted octanol–water partition coefficient (Wildman–Crippen LogP) is 4.20. The Morgan fingerprint density at radius 2 is 1.95 bits per heavy atom. The molecule has 1 atom stereocenters. The van der Waals surface area contributed by atoms with Crippen molar-refractivity contribution in [2.75, 3.05) is 7.05 Å². The zero-order chi connectivity index (χ0) is 14.0.